The Morgan fingerprint density at radius 1 is 0.853 bits per heavy atom. The number of piperazine rings is 1. The van der Waals surface area contributed by atoms with E-state index in [1.807, 2.05) is 30.7 Å². The zero-order valence-corrected chi connectivity index (χ0v) is 19.6. The normalized spacial score (nSPS) is 14.3. The maximum absolute atomic E-state index is 5.30. The molecule has 1 fully saturated rings. The molecule has 1 N–H and O–H groups in total. The van der Waals surface area contributed by atoms with Crippen LogP contribution in [0.2, 0.25) is 0 Å². The van der Waals surface area contributed by atoms with E-state index in [0.29, 0.717) is 0 Å². The van der Waals surface area contributed by atoms with Crippen LogP contribution >= 0.6 is 0 Å². The standard InChI is InChI=1S/C26H27N7O/c1-17-16-18(2)33(30-17)26-24-23(21-6-4-5-7-22(21)27-24)25(28-29-26)32-14-12-31(13-15-32)19-8-10-20(34-3)11-9-19/h4-11,16,27H,12-15H2,1-3H3. The second-order valence-corrected chi connectivity index (χ2v) is 8.78. The molecule has 0 amide bonds. The van der Waals surface area contributed by atoms with E-state index in [4.69, 9.17) is 9.84 Å². The molecule has 4 heterocycles. The van der Waals surface area contributed by atoms with E-state index in [0.717, 1.165) is 76.8 Å². The van der Waals surface area contributed by atoms with Crippen molar-refractivity contribution in [2.24, 2.45) is 0 Å². The van der Waals surface area contributed by atoms with E-state index in [1.165, 1.54) is 5.69 Å². The van der Waals surface area contributed by atoms with Gasteiger partial charge in [0, 0.05) is 48.5 Å². The number of para-hydroxylation sites is 1. The van der Waals surface area contributed by atoms with Crippen molar-refractivity contribution in [3.8, 4) is 11.6 Å². The third-order valence-electron chi connectivity index (χ3n) is 6.62. The molecule has 1 aliphatic heterocycles. The Hall–Kier alpha value is -4.07. The predicted octanol–water partition coefficient (Wildman–Crippen LogP) is 4.25. The number of ether oxygens (including phenoxy) is 1. The lowest BCUT2D eigenvalue weighted by molar-refractivity contribution is 0.415. The van der Waals surface area contributed by atoms with Gasteiger partial charge in [0.1, 0.15) is 5.75 Å². The molecule has 8 nitrogen and oxygen atoms in total. The molecular weight excluding hydrogens is 426 g/mol. The first-order chi connectivity index (χ1) is 16.6. The third kappa shape index (κ3) is 3.34. The van der Waals surface area contributed by atoms with Crippen LogP contribution in [-0.2, 0) is 0 Å². The summed E-state index contributed by atoms with van der Waals surface area (Å²) in [6.07, 6.45) is 0. The van der Waals surface area contributed by atoms with E-state index in [9.17, 15) is 0 Å². The van der Waals surface area contributed by atoms with Crippen LogP contribution in [0.4, 0.5) is 11.5 Å². The molecule has 5 aromatic rings. The largest absolute Gasteiger partial charge is 0.497 e. The second kappa shape index (κ2) is 8.06. The fourth-order valence-electron chi connectivity index (χ4n) is 4.92. The quantitative estimate of drug-likeness (QED) is 0.439. The molecule has 0 spiro atoms. The van der Waals surface area contributed by atoms with Gasteiger partial charge in [-0.3, -0.25) is 0 Å². The fraction of sp³-hybridized carbons (Fsp3) is 0.269. The number of hydrogen-bond donors (Lipinski definition) is 1. The van der Waals surface area contributed by atoms with E-state index >= 15 is 0 Å². The van der Waals surface area contributed by atoms with Crippen molar-refractivity contribution >= 4 is 33.3 Å². The highest BCUT2D eigenvalue weighted by Crippen LogP contribution is 2.35. The molecule has 0 saturated carbocycles. The molecule has 2 aromatic carbocycles. The van der Waals surface area contributed by atoms with Crippen molar-refractivity contribution in [2.45, 2.75) is 13.8 Å². The van der Waals surface area contributed by atoms with Crippen molar-refractivity contribution < 1.29 is 4.74 Å². The van der Waals surface area contributed by atoms with Gasteiger partial charge in [-0.25, -0.2) is 4.68 Å². The number of fused-ring (bicyclic) bond motifs is 3. The van der Waals surface area contributed by atoms with E-state index in [-0.39, 0.29) is 0 Å². The highest BCUT2D eigenvalue weighted by molar-refractivity contribution is 6.14. The Kier molecular flexibility index (Phi) is 4.86. The topological polar surface area (TPSA) is 75.1 Å². The molecular formula is C26H27N7O. The number of aryl methyl sites for hydroxylation is 2. The van der Waals surface area contributed by atoms with Crippen LogP contribution in [0.25, 0.3) is 27.6 Å². The highest BCUT2D eigenvalue weighted by atomic mass is 16.5. The van der Waals surface area contributed by atoms with Gasteiger partial charge in [0.25, 0.3) is 0 Å². The van der Waals surface area contributed by atoms with Crippen molar-refractivity contribution in [3.63, 3.8) is 0 Å². The summed E-state index contributed by atoms with van der Waals surface area (Å²) < 4.78 is 7.18. The van der Waals surface area contributed by atoms with Crippen molar-refractivity contribution in [2.75, 3.05) is 43.1 Å². The molecule has 0 aliphatic carbocycles. The van der Waals surface area contributed by atoms with Crippen LogP contribution in [0.15, 0.2) is 54.6 Å². The number of benzene rings is 2. The first-order valence-corrected chi connectivity index (χ1v) is 11.6. The van der Waals surface area contributed by atoms with Crippen LogP contribution in [-0.4, -0.2) is 58.3 Å². The molecule has 1 aliphatic rings. The zero-order valence-electron chi connectivity index (χ0n) is 19.6. The van der Waals surface area contributed by atoms with Gasteiger partial charge in [-0.1, -0.05) is 18.2 Å². The Bertz CT molecular complexity index is 1480. The summed E-state index contributed by atoms with van der Waals surface area (Å²) in [6.45, 7) is 7.61. The summed E-state index contributed by atoms with van der Waals surface area (Å²) in [5, 5.41) is 16.4. The highest BCUT2D eigenvalue weighted by Gasteiger charge is 2.24. The lowest BCUT2D eigenvalue weighted by Gasteiger charge is -2.36. The minimum absolute atomic E-state index is 0.734. The second-order valence-electron chi connectivity index (χ2n) is 8.78. The monoisotopic (exact) mass is 453 g/mol. The summed E-state index contributed by atoms with van der Waals surface area (Å²) in [5.41, 5.74) is 5.25. The molecule has 8 heteroatoms. The Morgan fingerprint density at radius 2 is 1.56 bits per heavy atom. The molecule has 0 bridgehead atoms. The van der Waals surface area contributed by atoms with Crippen molar-refractivity contribution in [1.82, 2.24) is 25.0 Å². The number of H-pyrrole nitrogens is 1. The van der Waals surface area contributed by atoms with Gasteiger partial charge in [-0.15, -0.1) is 10.2 Å². The number of nitrogens with zero attached hydrogens (tertiary/aromatic N) is 6. The van der Waals surface area contributed by atoms with Gasteiger partial charge in [-0.2, -0.15) is 5.10 Å². The average molecular weight is 454 g/mol. The molecule has 172 valence electrons. The minimum Gasteiger partial charge on any atom is -0.497 e. The van der Waals surface area contributed by atoms with E-state index < -0.39 is 0 Å². The minimum atomic E-state index is 0.734. The number of aromatic amines is 1. The lowest BCUT2D eigenvalue weighted by Crippen LogP contribution is -2.47. The van der Waals surface area contributed by atoms with Gasteiger partial charge < -0.3 is 19.5 Å². The summed E-state index contributed by atoms with van der Waals surface area (Å²) in [6, 6.07) is 18.7. The maximum Gasteiger partial charge on any atom is 0.200 e. The van der Waals surface area contributed by atoms with Crippen LogP contribution in [0.5, 0.6) is 5.75 Å². The maximum atomic E-state index is 5.30. The van der Waals surface area contributed by atoms with Gasteiger partial charge in [0.05, 0.1) is 23.7 Å². The molecule has 0 radical (unpaired) electrons. The van der Waals surface area contributed by atoms with Crippen LogP contribution in [0.1, 0.15) is 11.4 Å². The van der Waals surface area contributed by atoms with Gasteiger partial charge in [0.2, 0.25) is 0 Å². The summed E-state index contributed by atoms with van der Waals surface area (Å²) in [7, 11) is 1.69. The molecule has 0 atom stereocenters. The van der Waals surface area contributed by atoms with Crippen LogP contribution < -0.4 is 14.5 Å². The SMILES string of the molecule is COc1ccc(N2CCN(c3nnc(-n4nc(C)cc4C)c4[nH]c5ccccc5c34)CC2)cc1. The Balaban J connectivity index is 1.38. The third-order valence-corrected chi connectivity index (χ3v) is 6.62. The Labute approximate surface area is 197 Å². The number of nitrogens with one attached hydrogen (secondary N) is 1. The summed E-state index contributed by atoms with van der Waals surface area (Å²) in [4.78, 5) is 8.34. The molecule has 34 heavy (non-hydrogen) atoms. The fourth-order valence-corrected chi connectivity index (χ4v) is 4.92. The first-order valence-electron chi connectivity index (χ1n) is 11.6. The first kappa shape index (κ1) is 20.5. The smallest absolute Gasteiger partial charge is 0.200 e. The number of aromatic nitrogens is 5. The van der Waals surface area contributed by atoms with Gasteiger partial charge in [0.15, 0.2) is 11.6 Å². The van der Waals surface area contributed by atoms with Crippen LogP contribution in [0, 0.1) is 13.8 Å². The Morgan fingerprint density at radius 3 is 2.26 bits per heavy atom. The molecule has 6 rings (SSSR count). The number of anilines is 2. The number of hydrogen-bond acceptors (Lipinski definition) is 6. The number of methoxy groups -OCH3 is 1. The average Bonchev–Trinajstić information content (AvgIpc) is 3.43. The molecule has 3 aromatic heterocycles. The summed E-state index contributed by atoms with van der Waals surface area (Å²) in [5.74, 6) is 2.53. The van der Waals surface area contributed by atoms with E-state index in [1.54, 1.807) is 7.11 Å². The van der Waals surface area contributed by atoms with E-state index in [2.05, 4.69) is 67.4 Å². The van der Waals surface area contributed by atoms with Crippen LogP contribution in [0.3, 0.4) is 0 Å². The summed E-state index contributed by atoms with van der Waals surface area (Å²) >= 11 is 0. The van der Waals surface area contributed by atoms with Crippen molar-refractivity contribution in [1.29, 1.82) is 0 Å². The molecule has 0 unspecified atom stereocenters. The van der Waals surface area contributed by atoms with Gasteiger partial charge >= 0.3 is 0 Å². The van der Waals surface area contributed by atoms with Crippen molar-refractivity contribution in [3.05, 3.63) is 66.0 Å². The zero-order chi connectivity index (χ0) is 23.2. The van der Waals surface area contributed by atoms with Gasteiger partial charge in [-0.05, 0) is 50.2 Å². The number of rotatable bonds is 4. The molecule has 1 saturated heterocycles. The lowest BCUT2D eigenvalue weighted by atomic mass is 10.1. The predicted molar refractivity (Wildman–Crippen MR) is 135 cm³/mol.